The van der Waals surface area contributed by atoms with E-state index in [9.17, 15) is 4.79 Å². The number of fused-ring (bicyclic) bond motifs is 4. The number of anilines is 1. The maximum Gasteiger partial charge on any atom is 0.235 e. The van der Waals surface area contributed by atoms with E-state index in [1.807, 2.05) is 19.9 Å². The van der Waals surface area contributed by atoms with Crippen LogP contribution in [-0.4, -0.2) is 60.6 Å². The zero-order chi connectivity index (χ0) is 28.5. The van der Waals surface area contributed by atoms with Gasteiger partial charge >= 0.3 is 0 Å². The Hall–Kier alpha value is -3.74. The number of hydrogen-bond donors (Lipinski definition) is 2. The van der Waals surface area contributed by atoms with Crippen LogP contribution in [0.25, 0.3) is 22.0 Å². The molecule has 1 saturated heterocycles. The first-order valence-corrected chi connectivity index (χ1v) is 15.0. The summed E-state index contributed by atoms with van der Waals surface area (Å²) >= 11 is 0. The van der Waals surface area contributed by atoms with Crippen molar-refractivity contribution >= 4 is 22.6 Å². The number of piperazine rings is 1. The zero-order valence-corrected chi connectivity index (χ0v) is 24.3. The van der Waals surface area contributed by atoms with E-state index >= 15 is 0 Å². The van der Waals surface area contributed by atoms with E-state index in [1.165, 1.54) is 16.5 Å². The Labute approximate surface area is 243 Å². The Bertz CT molecular complexity index is 1490. The first-order valence-electron chi connectivity index (χ1n) is 15.0. The van der Waals surface area contributed by atoms with Gasteiger partial charge < -0.3 is 16.0 Å². The summed E-state index contributed by atoms with van der Waals surface area (Å²) < 4.78 is 0. The molecule has 0 atom stereocenters. The molecule has 6 heteroatoms. The van der Waals surface area contributed by atoms with E-state index in [4.69, 9.17) is 10.7 Å². The van der Waals surface area contributed by atoms with Crippen molar-refractivity contribution in [2.75, 3.05) is 44.2 Å². The lowest BCUT2D eigenvalue weighted by Crippen LogP contribution is -2.55. The van der Waals surface area contributed by atoms with Crippen LogP contribution < -0.4 is 16.0 Å². The number of amides is 1. The van der Waals surface area contributed by atoms with Gasteiger partial charge in [-0.2, -0.15) is 0 Å². The fourth-order valence-corrected chi connectivity index (χ4v) is 6.58. The summed E-state index contributed by atoms with van der Waals surface area (Å²) in [5.74, 6) is 1.12. The van der Waals surface area contributed by atoms with Crippen LogP contribution in [0.5, 0.6) is 0 Å². The van der Waals surface area contributed by atoms with Crippen molar-refractivity contribution in [3.63, 3.8) is 0 Å². The molecule has 1 amide bonds. The highest BCUT2D eigenvalue weighted by Crippen LogP contribution is 2.51. The molecule has 6 rings (SSSR count). The number of nitrogens with one attached hydrogen (secondary N) is 1. The summed E-state index contributed by atoms with van der Waals surface area (Å²) in [4.78, 5) is 24.1. The Morgan fingerprint density at radius 1 is 0.854 bits per heavy atom. The number of carbonyl (C=O) groups is 1. The lowest BCUT2D eigenvalue weighted by molar-refractivity contribution is -0.127. The second kappa shape index (κ2) is 11.3. The van der Waals surface area contributed by atoms with Gasteiger partial charge in [0.05, 0.1) is 5.52 Å². The van der Waals surface area contributed by atoms with Crippen molar-refractivity contribution < 1.29 is 4.79 Å². The molecule has 6 nitrogen and oxygen atoms in total. The lowest BCUT2D eigenvalue weighted by atomic mass is 9.73. The van der Waals surface area contributed by atoms with E-state index in [-0.39, 0.29) is 5.91 Å². The molecular formula is C35H41N5O. The summed E-state index contributed by atoms with van der Waals surface area (Å²) in [6.45, 7) is 9.43. The molecule has 4 aromatic rings. The molecule has 1 fully saturated rings. The summed E-state index contributed by atoms with van der Waals surface area (Å²) in [6.07, 6.45) is 2.79. The van der Waals surface area contributed by atoms with Crippen molar-refractivity contribution in [1.82, 2.24) is 15.2 Å². The highest BCUT2D eigenvalue weighted by molar-refractivity contribution is 6.00. The van der Waals surface area contributed by atoms with Crippen LogP contribution in [0.1, 0.15) is 44.2 Å². The minimum Gasteiger partial charge on any atom is -0.354 e. The maximum atomic E-state index is 14.2. The Morgan fingerprint density at radius 2 is 1.49 bits per heavy atom. The Kier molecular flexibility index (Phi) is 7.54. The highest BCUT2D eigenvalue weighted by atomic mass is 16.2. The quantitative estimate of drug-likeness (QED) is 0.277. The van der Waals surface area contributed by atoms with Crippen LogP contribution in [-0.2, 0) is 10.2 Å². The average Bonchev–Trinajstić information content (AvgIpc) is 3.30. The van der Waals surface area contributed by atoms with Crippen molar-refractivity contribution in [3.8, 4) is 11.1 Å². The standard InChI is InChI=1S/C35H41N5O/c1-34(2,25-36)38-33(41)35(29-14-6-4-12-27(29)28-13-5-7-15-30(28)35)19-9-10-20-39-21-23-40(24-22-39)32-18-17-26-11-3-8-16-31(26)37-32/h3-8,11-18H,9-10,19-25,36H2,1-2H3,(H,38,41). The maximum absolute atomic E-state index is 14.2. The average molecular weight is 548 g/mol. The summed E-state index contributed by atoms with van der Waals surface area (Å²) in [5, 5.41) is 4.49. The van der Waals surface area contributed by atoms with E-state index in [2.05, 4.69) is 94.0 Å². The molecule has 0 saturated carbocycles. The smallest absolute Gasteiger partial charge is 0.235 e. The predicted octanol–water partition coefficient (Wildman–Crippen LogP) is 5.35. The predicted molar refractivity (Wildman–Crippen MR) is 168 cm³/mol. The number of hydrogen-bond acceptors (Lipinski definition) is 5. The monoisotopic (exact) mass is 547 g/mol. The number of rotatable bonds is 9. The fourth-order valence-electron chi connectivity index (χ4n) is 6.58. The molecule has 0 radical (unpaired) electrons. The molecule has 1 aromatic heterocycles. The van der Waals surface area contributed by atoms with E-state index in [0.717, 1.165) is 74.4 Å². The van der Waals surface area contributed by atoms with Gasteiger partial charge in [0.15, 0.2) is 0 Å². The molecule has 1 aliphatic heterocycles. The van der Waals surface area contributed by atoms with E-state index in [0.29, 0.717) is 6.54 Å². The first-order chi connectivity index (χ1) is 19.9. The van der Waals surface area contributed by atoms with Gasteiger partial charge in [0.2, 0.25) is 5.91 Å². The van der Waals surface area contributed by atoms with Gasteiger partial charge in [-0.25, -0.2) is 4.98 Å². The number of nitrogens with zero attached hydrogens (tertiary/aromatic N) is 3. The van der Waals surface area contributed by atoms with Gasteiger partial charge in [-0.05, 0) is 73.7 Å². The molecular weight excluding hydrogens is 506 g/mol. The lowest BCUT2D eigenvalue weighted by Gasteiger charge is -2.36. The fraction of sp³-hybridized carbons (Fsp3) is 0.371. The Balaban J connectivity index is 1.13. The normalized spacial score (nSPS) is 16.4. The molecule has 2 heterocycles. The van der Waals surface area contributed by atoms with Gasteiger partial charge in [0, 0.05) is 43.6 Å². The molecule has 0 bridgehead atoms. The van der Waals surface area contributed by atoms with Crippen LogP contribution in [0, 0.1) is 0 Å². The third-order valence-electron chi connectivity index (χ3n) is 8.97. The van der Waals surface area contributed by atoms with Crippen molar-refractivity contribution in [2.24, 2.45) is 5.73 Å². The molecule has 3 N–H and O–H groups in total. The van der Waals surface area contributed by atoms with Gasteiger partial charge in [-0.1, -0.05) is 73.2 Å². The van der Waals surface area contributed by atoms with Gasteiger partial charge in [-0.3, -0.25) is 9.69 Å². The van der Waals surface area contributed by atoms with E-state index in [1.54, 1.807) is 0 Å². The minimum atomic E-state index is -0.708. The van der Waals surface area contributed by atoms with Crippen LogP contribution in [0.15, 0.2) is 84.9 Å². The van der Waals surface area contributed by atoms with Gasteiger partial charge in [0.1, 0.15) is 11.2 Å². The number of aromatic nitrogens is 1. The number of unbranched alkanes of at least 4 members (excludes halogenated alkanes) is 1. The van der Waals surface area contributed by atoms with Crippen molar-refractivity contribution in [1.29, 1.82) is 0 Å². The van der Waals surface area contributed by atoms with Crippen LogP contribution >= 0.6 is 0 Å². The third-order valence-corrected chi connectivity index (χ3v) is 8.97. The molecule has 3 aromatic carbocycles. The van der Waals surface area contributed by atoms with Crippen LogP contribution in [0.4, 0.5) is 5.82 Å². The zero-order valence-electron chi connectivity index (χ0n) is 24.3. The van der Waals surface area contributed by atoms with Crippen LogP contribution in [0.3, 0.4) is 0 Å². The number of para-hydroxylation sites is 1. The van der Waals surface area contributed by atoms with Crippen molar-refractivity contribution in [2.45, 2.75) is 44.1 Å². The molecule has 2 aliphatic rings. The Morgan fingerprint density at radius 3 is 2.17 bits per heavy atom. The summed E-state index contributed by atoms with van der Waals surface area (Å²) in [7, 11) is 0. The molecule has 41 heavy (non-hydrogen) atoms. The molecule has 0 unspecified atom stereocenters. The van der Waals surface area contributed by atoms with Gasteiger partial charge in [-0.15, -0.1) is 0 Å². The second-order valence-electron chi connectivity index (χ2n) is 12.2. The third kappa shape index (κ3) is 5.22. The summed E-state index contributed by atoms with van der Waals surface area (Å²) in [6, 6.07) is 29.5. The SMILES string of the molecule is CC(C)(CN)NC(=O)C1(CCCCN2CCN(c3ccc4ccccc4n3)CC2)c2ccccc2-c2ccccc21. The second-order valence-corrected chi connectivity index (χ2v) is 12.2. The number of nitrogens with two attached hydrogens (primary N) is 1. The molecule has 0 spiro atoms. The number of benzene rings is 3. The molecule has 212 valence electrons. The highest BCUT2D eigenvalue weighted by Gasteiger charge is 2.49. The van der Waals surface area contributed by atoms with Gasteiger partial charge in [0.25, 0.3) is 0 Å². The van der Waals surface area contributed by atoms with Crippen LogP contribution in [0.2, 0.25) is 0 Å². The minimum absolute atomic E-state index is 0.0573. The first kappa shape index (κ1) is 27.4. The number of carbonyl (C=O) groups excluding carboxylic acids is 1. The van der Waals surface area contributed by atoms with Crippen molar-refractivity contribution in [3.05, 3.63) is 96.1 Å². The topological polar surface area (TPSA) is 74.5 Å². The molecule has 1 aliphatic carbocycles. The summed E-state index contributed by atoms with van der Waals surface area (Å²) in [5.41, 5.74) is 10.5. The largest absolute Gasteiger partial charge is 0.354 e. The van der Waals surface area contributed by atoms with E-state index < -0.39 is 11.0 Å². The number of pyridine rings is 1.